The molecule has 0 aliphatic rings. The van der Waals surface area contributed by atoms with Crippen molar-refractivity contribution in [3.63, 3.8) is 0 Å². The first-order valence-electron chi connectivity index (χ1n) is 40.6. The summed E-state index contributed by atoms with van der Waals surface area (Å²) in [5.41, 5.74) is 0. The summed E-state index contributed by atoms with van der Waals surface area (Å²) >= 11 is 0. The standard InChI is InChI=1S/C78H152O17P2/c1-6-9-12-15-18-21-23-24-25-26-27-28-29-30-31-36-39-44-49-54-59-64-78(83)95-74(68-89-76(81)62-57-52-47-43-38-35-33-32-34-37-41-45-50-55-60-71(4)5)70-93-97(86,87)91-66-72(79)65-90-96(84,85)92-69-73(67-88-75(80)61-56-51-46-40-20-17-14-11-8-3)94-77(82)63-58-53-48-42-22-19-16-13-10-7-2/h71-74,79H,6-70H2,1-5H3,(H,84,85)(H,86,87)/t72-,73+,74+/m0/s1. The van der Waals surface area contributed by atoms with E-state index in [0.717, 1.165) is 95.8 Å². The van der Waals surface area contributed by atoms with Gasteiger partial charge in [0.1, 0.15) is 19.3 Å². The molecule has 0 bridgehead atoms. The topological polar surface area (TPSA) is 237 Å². The second-order valence-electron chi connectivity index (χ2n) is 28.6. The first-order chi connectivity index (χ1) is 47.0. The molecule has 0 aromatic heterocycles. The number of unbranched alkanes of at least 4 members (excludes halogenated alkanes) is 50. The van der Waals surface area contributed by atoms with E-state index in [1.807, 2.05) is 0 Å². The van der Waals surface area contributed by atoms with Gasteiger partial charge in [-0.2, -0.15) is 0 Å². The Labute approximate surface area is 594 Å². The third kappa shape index (κ3) is 72.2. The summed E-state index contributed by atoms with van der Waals surface area (Å²) in [5.74, 6) is -1.31. The van der Waals surface area contributed by atoms with Crippen LogP contribution in [0.15, 0.2) is 0 Å². The van der Waals surface area contributed by atoms with Gasteiger partial charge in [-0.1, -0.05) is 362 Å². The molecule has 0 spiro atoms. The number of phosphoric ester groups is 2. The summed E-state index contributed by atoms with van der Waals surface area (Å²) in [4.78, 5) is 72.8. The first kappa shape index (κ1) is 95.1. The molecule has 0 radical (unpaired) electrons. The summed E-state index contributed by atoms with van der Waals surface area (Å²) < 4.78 is 68.5. The lowest BCUT2D eigenvalue weighted by atomic mass is 10.0. The number of hydrogen-bond donors (Lipinski definition) is 3. The summed E-state index contributed by atoms with van der Waals surface area (Å²) in [5, 5.41) is 10.6. The zero-order chi connectivity index (χ0) is 71.2. The molecule has 17 nitrogen and oxygen atoms in total. The number of carbonyl (C=O) groups excluding carboxylic acids is 4. The fraction of sp³-hybridized carbons (Fsp3) is 0.949. The van der Waals surface area contributed by atoms with Crippen molar-refractivity contribution >= 4 is 39.5 Å². The van der Waals surface area contributed by atoms with Gasteiger partial charge >= 0.3 is 39.5 Å². The largest absolute Gasteiger partial charge is 0.472 e. The Balaban J connectivity index is 5.18. The molecular formula is C78H152O17P2. The third-order valence-electron chi connectivity index (χ3n) is 18.3. The summed E-state index contributed by atoms with van der Waals surface area (Å²) in [7, 11) is -9.91. The van der Waals surface area contributed by atoms with Crippen LogP contribution in [0.2, 0.25) is 0 Å². The number of rotatable bonds is 78. The average Bonchev–Trinajstić information content (AvgIpc) is 1.31. The number of ether oxygens (including phenoxy) is 4. The Morgan fingerprint density at radius 1 is 0.278 bits per heavy atom. The van der Waals surface area contributed by atoms with Crippen molar-refractivity contribution in [2.24, 2.45) is 5.92 Å². The van der Waals surface area contributed by atoms with Crippen LogP contribution in [0.25, 0.3) is 0 Å². The minimum absolute atomic E-state index is 0.107. The van der Waals surface area contributed by atoms with Crippen LogP contribution in [0.1, 0.15) is 413 Å². The van der Waals surface area contributed by atoms with Crippen LogP contribution in [0, 0.1) is 5.92 Å². The van der Waals surface area contributed by atoms with Gasteiger partial charge in [-0.3, -0.25) is 37.3 Å². The summed E-state index contributed by atoms with van der Waals surface area (Å²) in [6, 6.07) is 0. The lowest BCUT2D eigenvalue weighted by molar-refractivity contribution is -0.161. The van der Waals surface area contributed by atoms with E-state index in [0.29, 0.717) is 25.7 Å². The van der Waals surface area contributed by atoms with Gasteiger partial charge in [0.25, 0.3) is 0 Å². The molecule has 5 atom stereocenters. The monoisotopic (exact) mass is 1420 g/mol. The molecule has 97 heavy (non-hydrogen) atoms. The summed E-state index contributed by atoms with van der Waals surface area (Å²) in [6.07, 6.45) is 61.2. The van der Waals surface area contributed by atoms with Gasteiger partial charge < -0.3 is 33.8 Å². The molecule has 0 amide bonds. The second-order valence-corrected chi connectivity index (χ2v) is 31.5. The third-order valence-corrected chi connectivity index (χ3v) is 20.2. The fourth-order valence-electron chi connectivity index (χ4n) is 12.1. The molecular weight excluding hydrogens is 1270 g/mol. The molecule has 576 valence electrons. The molecule has 0 heterocycles. The number of esters is 4. The van der Waals surface area contributed by atoms with E-state index in [2.05, 4.69) is 34.6 Å². The van der Waals surface area contributed by atoms with Crippen LogP contribution >= 0.6 is 15.6 Å². The number of phosphoric acid groups is 2. The summed E-state index contributed by atoms with van der Waals surface area (Å²) in [6.45, 7) is 7.30. The van der Waals surface area contributed by atoms with Crippen LogP contribution in [0.4, 0.5) is 0 Å². The minimum Gasteiger partial charge on any atom is -0.462 e. The van der Waals surface area contributed by atoms with Crippen LogP contribution in [0.5, 0.6) is 0 Å². The molecule has 0 rings (SSSR count). The highest BCUT2D eigenvalue weighted by molar-refractivity contribution is 7.47. The molecule has 0 aromatic rings. The van der Waals surface area contributed by atoms with Crippen molar-refractivity contribution < 1.29 is 80.2 Å². The highest BCUT2D eigenvalue weighted by Crippen LogP contribution is 2.45. The highest BCUT2D eigenvalue weighted by Gasteiger charge is 2.30. The van der Waals surface area contributed by atoms with Crippen LogP contribution in [-0.4, -0.2) is 96.7 Å². The normalized spacial score (nSPS) is 13.9. The molecule has 0 saturated heterocycles. The van der Waals surface area contributed by atoms with Crippen molar-refractivity contribution in [1.82, 2.24) is 0 Å². The van der Waals surface area contributed by atoms with E-state index in [-0.39, 0.29) is 25.7 Å². The van der Waals surface area contributed by atoms with Gasteiger partial charge in [-0.25, -0.2) is 9.13 Å². The molecule has 0 fully saturated rings. The van der Waals surface area contributed by atoms with E-state index in [9.17, 15) is 43.2 Å². The minimum atomic E-state index is -4.96. The average molecular weight is 1420 g/mol. The Bertz CT molecular complexity index is 1860. The lowest BCUT2D eigenvalue weighted by Crippen LogP contribution is -2.30. The molecule has 3 N–H and O–H groups in total. The van der Waals surface area contributed by atoms with E-state index in [4.69, 9.17) is 37.0 Å². The van der Waals surface area contributed by atoms with E-state index >= 15 is 0 Å². The van der Waals surface area contributed by atoms with Gasteiger partial charge in [-0.05, 0) is 31.6 Å². The maximum absolute atomic E-state index is 13.1. The maximum Gasteiger partial charge on any atom is 0.472 e. The number of carbonyl (C=O) groups is 4. The number of hydrogen-bond acceptors (Lipinski definition) is 15. The first-order valence-corrected chi connectivity index (χ1v) is 43.6. The van der Waals surface area contributed by atoms with Gasteiger partial charge in [-0.15, -0.1) is 0 Å². The number of aliphatic hydroxyl groups is 1. The Hall–Kier alpha value is -1.94. The van der Waals surface area contributed by atoms with Crippen molar-refractivity contribution in [3.8, 4) is 0 Å². The van der Waals surface area contributed by atoms with Crippen LogP contribution in [0.3, 0.4) is 0 Å². The van der Waals surface area contributed by atoms with Crippen molar-refractivity contribution in [3.05, 3.63) is 0 Å². The molecule has 19 heteroatoms. The second kappa shape index (κ2) is 71.1. The van der Waals surface area contributed by atoms with Crippen molar-refractivity contribution in [2.75, 3.05) is 39.6 Å². The van der Waals surface area contributed by atoms with E-state index in [1.54, 1.807) is 0 Å². The quantitative estimate of drug-likeness (QED) is 0.0222. The Morgan fingerprint density at radius 3 is 0.701 bits per heavy atom. The zero-order valence-electron chi connectivity index (χ0n) is 63.2. The predicted octanol–water partition coefficient (Wildman–Crippen LogP) is 23.3. The molecule has 0 aromatic carbocycles. The fourth-order valence-corrected chi connectivity index (χ4v) is 13.6. The number of aliphatic hydroxyl groups excluding tert-OH is 1. The SMILES string of the molecule is CCCCCCCCCCCCCCCCCCCCCCCC(=O)O[C@H](COC(=O)CCCCCCCCCCCCCCCCC(C)C)COP(=O)(O)OC[C@@H](O)COP(=O)(O)OC[C@@H](COC(=O)CCCCCCCCCCC)OC(=O)CCCCCCCCCCCC. The predicted molar refractivity (Wildman–Crippen MR) is 395 cm³/mol. The molecule has 0 saturated carbocycles. The van der Waals surface area contributed by atoms with E-state index in [1.165, 1.54) is 238 Å². The molecule has 0 aliphatic carbocycles. The van der Waals surface area contributed by atoms with Gasteiger partial charge in [0.15, 0.2) is 12.2 Å². The van der Waals surface area contributed by atoms with Gasteiger partial charge in [0.2, 0.25) is 0 Å². The highest BCUT2D eigenvalue weighted by atomic mass is 31.2. The van der Waals surface area contributed by atoms with Crippen molar-refractivity contribution in [2.45, 2.75) is 432 Å². The lowest BCUT2D eigenvalue weighted by Gasteiger charge is -2.21. The van der Waals surface area contributed by atoms with Crippen LogP contribution < -0.4 is 0 Å². The van der Waals surface area contributed by atoms with Crippen molar-refractivity contribution in [1.29, 1.82) is 0 Å². The Morgan fingerprint density at radius 2 is 0.474 bits per heavy atom. The van der Waals surface area contributed by atoms with E-state index < -0.39 is 97.5 Å². The maximum atomic E-state index is 13.1. The van der Waals surface area contributed by atoms with Crippen LogP contribution in [-0.2, 0) is 65.4 Å². The van der Waals surface area contributed by atoms with Gasteiger partial charge in [0.05, 0.1) is 26.4 Å². The molecule has 2 unspecified atom stereocenters. The van der Waals surface area contributed by atoms with Gasteiger partial charge in [0, 0.05) is 25.7 Å². The zero-order valence-corrected chi connectivity index (χ0v) is 65.0. The smallest absolute Gasteiger partial charge is 0.462 e. The molecule has 0 aliphatic heterocycles. The Kier molecular flexibility index (Phi) is 69.6.